The van der Waals surface area contributed by atoms with Crippen LogP contribution in [0, 0.1) is 0 Å². The number of hydrogen-bond acceptors (Lipinski definition) is 2. The van der Waals surface area contributed by atoms with Crippen LogP contribution in [0.4, 0.5) is 4.39 Å². The van der Waals surface area contributed by atoms with Gasteiger partial charge in [-0.2, -0.15) is 0 Å². The molecule has 2 nitrogen and oxygen atoms in total. The van der Waals surface area contributed by atoms with Crippen LogP contribution in [0.1, 0.15) is 20.3 Å². The van der Waals surface area contributed by atoms with Crippen molar-refractivity contribution in [2.75, 3.05) is 26.4 Å². The third-order valence-electron chi connectivity index (χ3n) is 1.37. The molecule has 1 unspecified atom stereocenters. The third-order valence-corrected chi connectivity index (χ3v) is 1.37. The van der Waals surface area contributed by atoms with Crippen molar-refractivity contribution in [3.8, 4) is 0 Å². The van der Waals surface area contributed by atoms with Crippen LogP contribution in [-0.4, -0.2) is 32.5 Å². The van der Waals surface area contributed by atoms with E-state index in [1.165, 1.54) is 0 Å². The van der Waals surface area contributed by atoms with E-state index < -0.39 is 0 Å². The summed E-state index contributed by atoms with van der Waals surface area (Å²) >= 11 is 0. The lowest BCUT2D eigenvalue weighted by molar-refractivity contribution is 0.0761. The van der Waals surface area contributed by atoms with Gasteiger partial charge in [-0.3, -0.25) is 4.39 Å². The highest BCUT2D eigenvalue weighted by atomic mass is 19.1. The molecule has 0 spiro atoms. The Kier molecular flexibility index (Phi) is 7.84. The maximum absolute atomic E-state index is 11.6. The van der Waals surface area contributed by atoms with Crippen molar-refractivity contribution in [3.63, 3.8) is 0 Å². The molecule has 0 rings (SSSR count). The number of ether oxygens (including phenoxy) is 1. The molecule has 0 aliphatic heterocycles. The molecular formula is C8H18FNO. The molecule has 0 radical (unpaired) electrons. The predicted molar refractivity (Wildman–Crippen MR) is 44.5 cm³/mol. The summed E-state index contributed by atoms with van der Waals surface area (Å²) in [5.41, 5.74) is 0. The first-order valence-corrected chi connectivity index (χ1v) is 4.19. The van der Waals surface area contributed by atoms with Crippen LogP contribution in [0.2, 0.25) is 0 Å². The highest BCUT2D eigenvalue weighted by molar-refractivity contribution is 4.54. The molecule has 0 saturated heterocycles. The quantitative estimate of drug-likeness (QED) is 0.572. The van der Waals surface area contributed by atoms with E-state index >= 15 is 0 Å². The van der Waals surface area contributed by atoms with Gasteiger partial charge in [0.1, 0.15) is 0 Å². The second-order valence-corrected chi connectivity index (χ2v) is 2.51. The van der Waals surface area contributed by atoms with Crippen LogP contribution in [0.5, 0.6) is 0 Å². The van der Waals surface area contributed by atoms with Gasteiger partial charge in [-0.15, -0.1) is 0 Å². The molecule has 0 aromatic rings. The first-order valence-electron chi connectivity index (χ1n) is 4.19. The van der Waals surface area contributed by atoms with Crippen LogP contribution < -0.4 is 5.32 Å². The maximum atomic E-state index is 11.6. The summed E-state index contributed by atoms with van der Waals surface area (Å²) < 4.78 is 16.9. The molecule has 11 heavy (non-hydrogen) atoms. The molecule has 0 bridgehead atoms. The molecular weight excluding hydrogens is 145 g/mol. The molecule has 1 atom stereocenters. The molecule has 0 aromatic carbocycles. The maximum Gasteiger partial charge on any atom is 0.0906 e. The highest BCUT2D eigenvalue weighted by Gasteiger charge is 1.98. The second-order valence-electron chi connectivity index (χ2n) is 2.51. The molecule has 0 fully saturated rings. The van der Waals surface area contributed by atoms with Gasteiger partial charge in [0.05, 0.1) is 12.8 Å². The monoisotopic (exact) mass is 163 g/mol. The standard InChI is InChI=1S/C8H18FNO/c1-3-11-8(2)7-10-6-4-5-9/h8,10H,3-7H2,1-2H3. The molecule has 68 valence electrons. The summed E-state index contributed by atoms with van der Waals surface area (Å²) in [5.74, 6) is 0. The topological polar surface area (TPSA) is 21.3 Å². The van der Waals surface area contributed by atoms with Gasteiger partial charge in [-0.05, 0) is 26.8 Å². The van der Waals surface area contributed by atoms with Crippen LogP contribution in [0.3, 0.4) is 0 Å². The summed E-state index contributed by atoms with van der Waals surface area (Å²) in [6, 6.07) is 0. The van der Waals surface area contributed by atoms with Crippen molar-refractivity contribution in [3.05, 3.63) is 0 Å². The molecule has 0 aliphatic carbocycles. The van der Waals surface area contributed by atoms with Gasteiger partial charge in [0.15, 0.2) is 0 Å². The van der Waals surface area contributed by atoms with E-state index in [0.29, 0.717) is 6.42 Å². The zero-order chi connectivity index (χ0) is 8.53. The van der Waals surface area contributed by atoms with Crippen molar-refractivity contribution >= 4 is 0 Å². The van der Waals surface area contributed by atoms with Gasteiger partial charge < -0.3 is 10.1 Å². The fraction of sp³-hybridized carbons (Fsp3) is 1.00. The Morgan fingerprint density at radius 2 is 2.27 bits per heavy atom. The number of halogens is 1. The van der Waals surface area contributed by atoms with Gasteiger partial charge in [-0.25, -0.2) is 0 Å². The third kappa shape index (κ3) is 7.75. The van der Waals surface area contributed by atoms with Crippen molar-refractivity contribution < 1.29 is 9.13 Å². The van der Waals surface area contributed by atoms with E-state index in [0.717, 1.165) is 19.7 Å². The number of alkyl halides is 1. The van der Waals surface area contributed by atoms with Crippen molar-refractivity contribution in [2.45, 2.75) is 26.4 Å². The summed E-state index contributed by atoms with van der Waals surface area (Å²) in [7, 11) is 0. The van der Waals surface area contributed by atoms with E-state index in [9.17, 15) is 4.39 Å². The lowest BCUT2D eigenvalue weighted by atomic mass is 10.4. The minimum atomic E-state index is -0.240. The second kappa shape index (κ2) is 7.95. The number of nitrogens with one attached hydrogen (secondary N) is 1. The van der Waals surface area contributed by atoms with Crippen LogP contribution in [0.15, 0.2) is 0 Å². The van der Waals surface area contributed by atoms with Gasteiger partial charge in [0, 0.05) is 13.2 Å². The Morgan fingerprint density at radius 3 is 2.82 bits per heavy atom. The molecule has 1 N–H and O–H groups in total. The average molecular weight is 163 g/mol. The minimum Gasteiger partial charge on any atom is -0.377 e. The summed E-state index contributed by atoms with van der Waals surface area (Å²) in [6.07, 6.45) is 0.832. The van der Waals surface area contributed by atoms with E-state index in [2.05, 4.69) is 5.32 Å². The molecule has 0 aromatic heterocycles. The van der Waals surface area contributed by atoms with Gasteiger partial charge >= 0.3 is 0 Å². The van der Waals surface area contributed by atoms with E-state index in [4.69, 9.17) is 4.74 Å². The Balaban J connectivity index is 2.97. The highest BCUT2D eigenvalue weighted by Crippen LogP contribution is 1.87. The number of hydrogen-bond donors (Lipinski definition) is 1. The Labute approximate surface area is 68.1 Å². The fourth-order valence-corrected chi connectivity index (χ4v) is 0.841. The zero-order valence-electron chi connectivity index (χ0n) is 7.40. The molecule has 0 aliphatic rings. The summed E-state index contributed by atoms with van der Waals surface area (Å²) in [4.78, 5) is 0. The minimum absolute atomic E-state index is 0.236. The van der Waals surface area contributed by atoms with Crippen LogP contribution >= 0.6 is 0 Å². The fourth-order valence-electron chi connectivity index (χ4n) is 0.841. The van der Waals surface area contributed by atoms with E-state index in [1.54, 1.807) is 0 Å². The van der Waals surface area contributed by atoms with Crippen molar-refractivity contribution in [2.24, 2.45) is 0 Å². The van der Waals surface area contributed by atoms with Gasteiger partial charge in [-0.1, -0.05) is 0 Å². The lowest BCUT2D eigenvalue weighted by Gasteiger charge is -2.11. The lowest BCUT2D eigenvalue weighted by Crippen LogP contribution is -2.27. The summed E-state index contributed by atoms with van der Waals surface area (Å²) in [5, 5.41) is 3.11. The first kappa shape index (κ1) is 10.8. The van der Waals surface area contributed by atoms with Crippen LogP contribution in [0.25, 0.3) is 0 Å². The van der Waals surface area contributed by atoms with Crippen molar-refractivity contribution in [1.29, 1.82) is 0 Å². The summed E-state index contributed by atoms with van der Waals surface area (Å²) in [6.45, 7) is 6.04. The first-order chi connectivity index (χ1) is 5.31. The number of rotatable bonds is 7. The van der Waals surface area contributed by atoms with Crippen molar-refractivity contribution in [1.82, 2.24) is 5.32 Å². The predicted octanol–water partition coefficient (Wildman–Crippen LogP) is 1.36. The Hall–Kier alpha value is -0.150. The molecule has 0 amide bonds. The van der Waals surface area contributed by atoms with Crippen LogP contribution in [-0.2, 0) is 4.74 Å². The normalized spacial score (nSPS) is 13.4. The Morgan fingerprint density at radius 1 is 1.55 bits per heavy atom. The average Bonchev–Trinajstić information content (AvgIpc) is 1.99. The molecule has 3 heteroatoms. The SMILES string of the molecule is CCOC(C)CNCCCF. The largest absolute Gasteiger partial charge is 0.377 e. The zero-order valence-corrected chi connectivity index (χ0v) is 7.40. The van der Waals surface area contributed by atoms with E-state index in [-0.39, 0.29) is 12.8 Å². The Bertz CT molecular complexity index is 80.5. The smallest absolute Gasteiger partial charge is 0.0906 e. The molecule has 0 heterocycles. The van der Waals surface area contributed by atoms with E-state index in [1.807, 2.05) is 13.8 Å². The van der Waals surface area contributed by atoms with Gasteiger partial charge in [0.2, 0.25) is 0 Å². The van der Waals surface area contributed by atoms with Gasteiger partial charge in [0.25, 0.3) is 0 Å². The molecule has 0 saturated carbocycles.